The number of nitrogen functional groups attached to an aromatic ring is 1. The van der Waals surface area contributed by atoms with Crippen LogP contribution in [0, 0.1) is 0 Å². The molecule has 3 N–H and O–H groups in total. The van der Waals surface area contributed by atoms with Gasteiger partial charge in [0.25, 0.3) is 0 Å². The predicted octanol–water partition coefficient (Wildman–Crippen LogP) is 2.12. The molecule has 0 fully saturated rings. The fourth-order valence-corrected chi connectivity index (χ4v) is 1.97. The molecule has 0 aromatic heterocycles. The van der Waals surface area contributed by atoms with Crippen molar-refractivity contribution >= 4 is 11.7 Å². The Labute approximate surface area is 119 Å². The standard InChI is InChI=1S/C15H23NO4/c1-3-19-7-5-11-9-13(15(17)18)10-12(14(11)16)6-8-20-4-2/h9-10H,3-8,16H2,1-2H3,(H,17,18). The molecule has 0 spiro atoms. The summed E-state index contributed by atoms with van der Waals surface area (Å²) in [7, 11) is 0. The number of hydrogen-bond donors (Lipinski definition) is 2. The molecule has 1 rings (SSSR count). The Balaban J connectivity index is 2.93. The van der Waals surface area contributed by atoms with E-state index in [1.807, 2.05) is 13.8 Å². The predicted molar refractivity (Wildman–Crippen MR) is 78.2 cm³/mol. The first-order valence-electron chi connectivity index (χ1n) is 6.90. The van der Waals surface area contributed by atoms with Crippen molar-refractivity contribution in [3.05, 3.63) is 28.8 Å². The average Bonchev–Trinajstić information content (AvgIpc) is 2.42. The molecule has 0 amide bonds. The van der Waals surface area contributed by atoms with Crippen molar-refractivity contribution in [1.29, 1.82) is 0 Å². The van der Waals surface area contributed by atoms with Crippen molar-refractivity contribution in [2.75, 3.05) is 32.2 Å². The Morgan fingerprint density at radius 1 is 1.10 bits per heavy atom. The molecule has 0 aliphatic heterocycles. The highest BCUT2D eigenvalue weighted by Crippen LogP contribution is 2.22. The Morgan fingerprint density at radius 3 is 1.90 bits per heavy atom. The minimum atomic E-state index is -0.944. The second kappa shape index (κ2) is 8.55. The molecule has 0 saturated carbocycles. The summed E-state index contributed by atoms with van der Waals surface area (Å²) in [4.78, 5) is 11.2. The van der Waals surface area contributed by atoms with Crippen LogP contribution in [0.4, 0.5) is 5.69 Å². The van der Waals surface area contributed by atoms with Crippen LogP contribution in [0.3, 0.4) is 0 Å². The smallest absolute Gasteiger partial charge is 0.335 e. The van der Waals surface area contributed by atoms with Crippen molar-refractivity contribution < 1.29 is 19.4 Å². The second-order valence-electron chi connectivity index (χ2n) is 4.41. The highest BCUT2D eigenvalue weighted by Gasteiger charge is 2.12. The van der Waals surface area contributed by atoms with Gasteiger partial charge in [0.1, 0.15) is 0 Å². The third kappa shape index (κ3) is 4.83. The van der Waals surface area contributed by atoms with E-state index in [9.17, 15) is 4.79 Å². The van der Waals surface area contributed by atoms with Gasteiger partial charge in [0.2, 0.25) is 0 Å². The summed E-state index contributed by atoms with van der Waals surface area (Å²) >= 11 is 0. The molecule has 0 atom stereocenters. The molecule has 0 unspecified atom stereocenters. The van der Waals surface area contributed by atoms with E-state index in [2.05, 4.69) is 0 Å². The summed E-state index contributed by atoms with van der Waals surface area (Å²) in [5.41, 5.74) is 8.67. The number of rotatable bonds is 9. The van der Waals surface area contributed by atoms with E-state index >= 15 is 0 Å². The van der Waals surface area contributed by atoms with E-state index in [1.54, 1.807) is 12.1 Å². The topological polar surface area (TPSA) is 81.8 Å². The lowest BCUT2D eigenvalue weighted by molar-refractivity contribution is 0.0696. The van der Waals surface area contributed by atoms with Crippen LogP contribution in [0.1, 0.15) is 35.3 Å². The molecule has 0 radical (unpaired) electrons. The summed E-state index contributed by atoms with van der Waals surface area (Å²) in [6.07, 6.45) is 1.23. The molecule has 112 valence electrons. The van der Waals surface area contributed by atoms with Gasteiger partial charge in [-0.15, -0.1) is 0 Å². The van der Waals surface area contributed by atoms with Crippen LogP contribution in [0.15, 0.2) is 12.1 Å². The second-order valence-corrected chi connectivity index (χ2v) is 4.41. The van der Waals surface area contributed by atoms with Crippen LogP contribution in [0.25, 0.3) is 0 Å². The van der Waals surface area contributed by atoms with Gasteiger partial charge in [0.15, 0.2) is 0 Å². The van der Waals surface area contributed by atoms with Crippen molar-refractivity contribution in [2.24, 2.45) is 0 Å². The zero-order chi connectivity index (χ0) is 15.0. The molecular formula is C15H23NO4. The molecule has 5 heteroatoms. The zero-order valence-corrected chi connectivity index (χ0v) is 12.1. The van der Waals surface area contributed by atoms with Crippen molar-refractivity contribution in [1.82, 2.24) is 0 Å². The van der Waals surface area contributed by atoms with Gasteiger partial charge in [-0.05, 0) is 49.9 Å². The van der Waals surface area contributed by atoms with Gasteiger partial charge >= 0.3 is 5.97 Å². The van der Waals surface area contributed by atoms with Crippen LogP contribution >= 0.6 is 0 Å². The number of aromatic carboxylic acids is 1. The fourth-order valence-electron chi connectivity index (χ4n) is 1.97. The quantitative estimate of drug-likeness (QED) is 0.535. The van der Waals surface area contributed by atoms with E-state index < -0.39 is 5.97 Å². The van der Waals surface area contributed by atoms with Gasteiger partial charge < -0.3 is 20.3 Å². The number of carboxylic acid groups (broad SMARTS) is 1. The lowest BCUT2D eigenvalue weighted by Gasteiger charge is -2.13. The highest BCUT2D eigenvalue weighted by molar-refractivity contribution is 5.89. The minimum absolute atomic E-state index is 0.261. The molecule has 20 heavy (non-hydrogen) atoms. The number of nitrogens with two attached hydrogens (primary N) is 1. The molecule has 1 aromatic rings. The normalized spacial score (nSPS) is 10.7. The summed E-state index contributed by atoms with van der Waals surface area (Å²) in [6, 6.07) is 3.25. The van der Waals surface area contributed by atoms with E-state index in [1.165, 1.54) is 0 Å². The Bertz CT molecular complexity index is 414. The summed E-state index contributed by atoms with van der Waals surface area (Å²) in [5.74, 6) is -0.944. The van der Waals surface area contributed by atoms with E-state index in [0.717, 1.165) is 11.1 Å². The van der Waals surface area contributed by atoms with Gasteiger partial charge in [-0.1, -0.05) is 0 Å². The van der Waals surface area contributed by atoms with Crippen LogP contribution in [-0.2, 0) is 22.3 Å². The third-order valence-electron chi connectivity index (χ3n) is 3.04. The molecule has 0 saturated heterocycles. The van der Waals surface area contributed by atoms with Crippen LogP contribution in [0.5, 0.6) is 0 Å². The molecule has 0 aliphatic rings. The number of hydrogen-bond acceptors (Lipinski definition) is 4. The number of carboxylic acids is 1. The minimum Gasteiger partial charge on any atom is -0.478 e. The number of carbonyl (C=O) groups is 1. The highest BCUT2D eigenvalue weighted by atomic mass is 16.5. The first kappa shape index (κ1) is 16.5. The maximum absolute atomic E-state index is 11.2. The molecule has 0 bridgehead atoms. The van der Waals surface area contributed by atoms with E-state index in [4.69, 9.17) is 20.3 Å². The van der Waals surface area contributed by atoms with Crippen molar-refractivity contribution in [2.45, 2.75) is 26.7 Å². The lowest BCUT2D eigenvalue weighted by atomic mass is 9.99. The van der Waals surface area contributed by atoms with E-state index in [0.29, 0.717) is 45.0 Å². The Morgan fingerprint density at radius 2 is 1.55 bits per heavy atom. The molecular weight excluding hydrogens is 258 g/mol. The van der Waals surface area contributed by atoms with E-state index in [-0.39, 0.29) is 5.56 Å². The van der Waals surface area contributed by atoms with Gasteiger partial charge in [0, 0.05) is 18.9 Å². The largest absolute Gasteiger partial charge is 0.478 e. The number of anilines is 1. The molecule has 0 heterocycles. The van der Waals surface area contributed by atoms with Crippen molar-refractivity contribution in [3.8, 4) is 0 Å². The molecule has 5 nitrogen and oxygen atoms in total. The van der Waals surface area contributed by atoms with Crippen molar-refractivity contribution in [3.63, 3.8) is 0 Å². The van der Waals surface area contributed by atoms with Gasteiger partial charge in [-0.2, -0.15) is 0 Å². The Hall–Kier alpha value is -1.59. The first-order valence-corrected chi connectivity index (χ1v) is 6.90. The first-order chi connectivity index (χ1) is 9.60. The number of benzene rings is 1. The number of ether oxygens (including phenoxy) is 2. The van der Waals surface area contributed by atoms with Crippen LogP contribution < -0.4 is 5.73 Å². The summed E-state index contributed by atoms with van der Waals surface area (Å²) in [6.45, 7) is 6.18. The summed E-state index contributed by atoms with van der Waals surface area (Å²) in [5, 5.41) is 9.16. The van der Waals surface area contributed by atoms with Gasteiger partial charge in [0.05, 0.1) is 18.8 Å². The average molecular weight is 281 g/mol. The third-order valence-corrected chi connectivity index (χ3v) is 3.04. The van der Waals surface area contributed by atoms with Crippen LogP contribution in [0.2, 0.25) is 0 Å². The molecule has 0 aliphatic carbocycles. The SMILES string of the molecule is CCOCCc1cc(C(=O)O)cc(CCOCC)c1N. The zero-order valence-electron chi connectivity index (χ0n) is 12.1. The van der Waals surface area contributed by atoms with Crippen LogP contribution in [-0.4, -0.2) is 37.5 Å². The lowest BCUT2D eigenvalue weighted by Crippen LogP contribution is -2.09. The maximum Gasteiger partial charge on any atom is 0.335 e. The van der Waals surface area contributed by atoms with Gasteiger partial charge in [-0.25, -0.2) is 4.79 Å². The Kier molecular flexibility index (Phi) is 7.04. The fraction of sp³-hybridized carbons (Fsp3) is 0.533. The summed E-state index contributed by atoms with van der Waals surface area (Å²) < 4.78 is 10.6. The molecule has 1 aromatic carbocycles. The maximum atomic E-state index is 11.2. The monoisotopic (exact) mass is 281 g/mol. The van der Waals surface area contributed by atoms with Gasteiger partial charge in [-0.3, -0.25) is 0 Å².